The summed E-state index contributed by atoms with van der Waals surface area (Å²) in [5.74, 6) is -0.661. The number of allylic oxidation sites excluding steroid dienone is 3. The Bertz CT molecular complexity index is 822. The van der Waals surface area contributed by atoms with E-state index < -0.39 is 6.10 Å². The molecule has 0 spiro atoms. The zero-order valence-corrected chi connectivity index (χ0v) is 23.0. The molecule has 0 unspecified atom stereocenters. The van der Waals surface area contributed by atoms with Crippen molar-refractivity contribution in [1.82, 2.24) is 0 Å². The summed E-state index contributed by atoms with van der Waals surface area (Å²) in [5, 5.41) is 11.0. The molecule has 0 saturated heterocycles. The molecular formula is C30H44O5S. The van der Waals surface area contributed by atoms with Gasteiger partial charge in [0.05, 0.1) is 12.7 Å². The van der Waals surface area contributed by atoms with Crippen LogP contribution in [0.1, 0.15) is 78.6 Å². The van der Waals surface area contributed by atoms with Crippen LogP contribution in [0.5, 0.6) is 0 Å². The third kappa shape index (κ3) is 10.9. The molecule has 0 aromatic heterocycles. The van der Waals surface area contributed by atoms with Crippen molar-refractivity contribution in [2.24, 2.45) is 11.8 Å². The molecule has 0 bridgehead atoms. The predicted octanol–water partition coefficient (Wildman–Crippen LogP) is 6.89. The molecule has 1 aliphatic rings. The van der Waals surface area contributed by atoms with Crippen LogP contribution < -0.4 is 0 Å². The van der Waals surface area contributed by atoms with Gasteiger partial charge in [0.25, 0.3) is 0 Å². The molecule has 0 aliphatic heterocycles. The quantitative estimate of drug-likeness (QED) is 0.112. The van der Waals surface area contributed by atoms with Crippen molar-refractivity contribution in [3.05, 3.63) is 54.6 Å². The molecule has 1 N–H and O–H groups in total. The van der Waals surface area contributed by atoms with Crippen molar-refractivity contribution in [3.8, 4) is 0 Å². The van der Waals surface area contributed by atoms with E-state index in [1.165, 1.54) is 26.2 Å². The molecular weight excluding hydrogens is 472 g/mol. The Hall–Kier alpha value is -2.05. The molecule has 36 heavy (non-hydrogen) atoms. The number of unbranched alkanes of at least 4 members (excludes halogenated alkanes) is 3. The van der Waals surface area contributed by atoms with Gasteiger partial charge in [-0.15, -0.1) is 11.8 Å². The Labute approximate surface area is 221 Å². The van der Waals surface area contributed by atoms with Crippen LogP contribution in [-0.2, 0) is 19.1 Å². The van der Waals surface area contributed by atoms with E-state index in [9.17, 15) is 14.7 Å². The van der Waals surface area contributed by atoms with Gasteiger partial charge < -0.3 is 14.6 Å². The molecule has 1 fully saturated rings. The highest BCUT2D eigenvalue weighted by Gasteiger charge is 2.47. The standard InChI is InChI=1S/C30H44O5S/c1-4-6-7-8-9-10-11-15-20-28(36-24-17-13-12-14-18-24)30-25(19-16-21-29(33)34-5-2)26(32)22-27(30)35-23(3)31/h9-10,12-15,17-18,20,25-28,30,32H,4-8,11,16,19,21-22H2,1-3H3/b10-9-,20-15-/t25-,26+,27-,28+,30-/m1/s1. The second-order valence-corrected chi connectivity index (χ2v) is 10.7. The maximum atomic E-state index is 11.9. The summed E-state index contributed by atoms with van der Waals surface area (Å²) in [6, 6.07) is 10.2. The SMILES string of the molecule is CCCCC/C=C\C/C=C\[C@H](Sc1ccccc1)[C@@H]1[C@H](CCCC(=O)OCC)[C@@H](O)C[C@H]1OC(C)=O. The topological polar surface area (TPSA) is 72.8 Å². The van der Waals surface area contributed by atoms with Gasteiger partial charge in [-0.2, -0.15) is 0 Å². The first kappa shape index (κ1) is 30.2. The van der Waals surface area contributed by atoms with Crippen molar-refractivity contribution >= 4 is 23.7 Å². The maximum Gasteiger partial charge on any atom is 0.305 e. The number of rotatable bonds is 16. The lowest BCUT2D eigenvalue weighted by molar-refractivity contribution is -0.148. The number of benzene rings is 1. The van der Waals surface area contributed by atoms with Gasteiger partial charge >= 0.3 is 11.9 Å². The second kappa shape index (κ2) is 17.4. The van der Waals surface area contributed by atoms with Crippen molar-refractivity contribution in [2.45, 2.75) is 101 Å². The number of thioether (sulfide) groups is 1. The van der Waals surface area contributed by atoms with Crippen LogP contribution in [0.2, 0.25) is 0 Å². The van der Waals surface area contributed by atoms with E-state index in [0.29, 0.717) is 32.3 Å². The van der Waals surface area contributed by atoms with Gasteiger partial charge in [0.15, 0.2) is 0 Å². The van der Waals surface area contributed by atoms with Crippen LogP contribution in [0.3, 0.4) is 0 Å². The first-order valence-corrected chi connectivity index (χ1v) is 14.4. The van der Waals surface area contributed by atoms with E-state index >= 15 is 0 Å². The summed E-state index contributed by atoms with van der Waals surface area (Å²) in [6.45, 7) is 5.81. The summed E-state index contributed by atoms with van der Waals surface area (Å²) >= 11 is 1.74. The lowest BCUT2D eigenvalue weighted by Gasteiger charge is -2.31. The number of esters is 2. The first-order valence-electron chi connectivity index (χ1n) is 13.5. The Morgan fingerprint density at radius 3 is 2.58 bits per heavy atom. The fourth-order valence-corrected chi connectivity index (χ4v) is 6.27. The average molecular weight is 517 g/mol. The summed E-state index contributed by atoms with van der Waals surface area (Å²) in [6.07, 6.45) is 15.6. The van der Waals surface area contributed by atoms with Crippen LogP contribution in [0, 0.1) is 11.8 Å². The van der Waals surface area contributed by atoms with Gasteiger partial charge in [-0.05, 0) is 57.1 Å². The minimum atomic E-state index is -0.577. The lowest BCUT2D eigenvalue weighted by atomic mass is 9.86. The van der Waals surface area contributed by atoms with Gasteiger partial charge in [-0.1, -0.05) is 62.3 Å². The van der Waals surface area contributed by atoms with Crippen LogP contribution in [0.25, 0.3) is 0 Å². The molecule has 200 valence electrons. The van der Waals surface area contributed by atoms with E-state index in [1.54, 1.807) is 18.7 Å². The average Bonchev–Trinajstić information content (AvgIpc) is 3.14. The van der Waals surface area contributed by atoms with Crippen molar-refractivity contribution < 1.29 is 24.2 Å². The number of ether oxygens (including phenoxy) is 2. The lowest BCUT2D eigenvalue weighted by Crippen LogP contribution is -2.33. The first-order chi connectivity index (χ1) is 17.5. The van der Waals surface area contributed by atoms with E-state index in [-0.39, 0.29) is 35.1 Å². The number of hydrogen-bond acceptors (Lipinski definition) is 6. The molecule has 5 atom stereocenters. The number of carbonyl (C=O) groups excluding carboxylic acids is 2. The summed E-state index contributed by atoms with van der Waals surface area (Å²) in [7, 11) is 0. The van der Waals surface area contributed by atoms with E-state index in [2.05, 4.69) is 43.4 Å². The van der Waals surface area contributed by atoms with Crippen LogP contribution in [-0.4, -0.2) is 41.1 Å². The fourth-order valence-electron chi connectivity index (χ4n) is 4.92. The van der Waals surface area contributed by atoms with Gasteiger partial charge in [0.2, 0.25) is 0 Å². The molecule has 6 heteroatoms. The van der Waals surface area contributed by atoms with E-state index in [1.807, 2.05) is 18.2 Å². The molecule has 0 heterocycles. The van der Waals surface area contributed by atoms with E-state index in [0.717, 1.165) is 17.7 Å². The molecule has 1 aromatic carbocycles. The minimum absolute atomic E-state index is 0.0231. The van der Waals surface area contributed by atoms with Crippen LogP contribution >= 0.6 is 11.8 Å². The zero-order valence-electron chi connectivity index (χ0n) is 22.1. The second-order valence-electron chi connectivity index (χ2n) is 9.42. The Kier molecular flexibility index (Phi) is 14.6. The molecule has 1 aromatic rings. The molecule has 5 nitrogen and oxygen atoms in total. The minimum Gasteiger partial charge on any atom is -0.466 e. The third-order valence-corrected chi connectivity index (χ3v) is 7.85. The Morgan fingerprint density at radius 1 is 1.11 bits per heavy atom. The number of hydrogen-bond donors (Lipinski definition) is 1. The highest BCUT2D eigenvalue weighted by Crippen LogP contribution is 2.45. The molecule has 1 saturated carbocycles. The number of aliphatic hydroxyl groups excluding tert-OH is 1. The van der Waals surface area contributed by atoms with Crippen molar-refractivity contribution in [2.75, 3.05) is 6.61 Å². The molecule has 2 rings (SSSR count). The maximum absolute atomic E-state index is 11.9. The number of carbonyl (C=O) groups is 2. The molecule has 0 radical (unpaired) electrons. The van der Waals surface area contributed by atoms with Gasteiger partial charge in [0.1, 0.15) is 6.10 Å². The van der Waals surface area contributed by atoms with Crippen molar-refractivity contribution in [3.63, 3.8) is 0 Å². The highest BCUT2D eigenvalue weighted by molar-refractivity contribution is 8.00. The van der Waals surface area contributed by atoms with Crippen LogP contribution in [0.4, 0.5) is 0 Å². The smallest absolute Gasteiger partial charge is 0.305 e. The summed E-state index contributed by atoms with van der Waals surface area (Å²) in [4.78, 5) is 24.9. The van der Waals surface area contributed by atoms with Gasteiger partial charge in [-0.3, -0.25) is 9.59 Å². The molecule has 1 aliphatic carbocycles. The zero-order chi connectivity index (χ0) is 26.2. The highest BCUT2D eigenvalue weighted by atomic mass is 32.2. The number of aliphatic hydroxyl groups is 1. The Morgan fingerprint density at radius 2 is 1.89 bits per heavy atom. The molecule has 0 amide bonds. The summed E-state index contributed by atoms with van der Waals surface area (Å²) < 4.78 is 10.8. The van der Waals surface area contributed by atoms with Gasteiger partial charge in [0, 0.05) is 35.8 Å². The Balaban J connectivity index is 2.19. The van der Waals surface area contributed by atoms with E-state index in [4.69, 9.17) is 9.47 Å². The predicted molar refractivity (Wildman–Crippen MR) is 147 cm³/mol. The van der Waals surface area contributed by atoms with Crippen molar-refractivity contribution in [1.29, 1.82) is 0 Å². The monoisotopic (exact) mass is 516 g/mol. The largest absolute Gasteiger partial charge is 0.466 e. The third-order valence-electron chi connectivity index (χ3n) is 6.57. The van der Waals surface area contributed by atoms with Gasteiger partial charge in [-0.25, -0.2) is 0 Å². The van der Waals surface area contributed by atoms with Crippen LogP contribution in [0.15, 0.2) is 59.5 Å². The normalized spacial score (nSPS) is 22.8. The summed E-state index contributed by atoms with van der Waals surface area (Å²) in [5.41, 5.74) is 0. The fraction of sp³-hybridized carbons (Fsp3) is 0.600.